The van der Waals surface area contributed by atoms with Gasteiger partial charge in [-0.25, -0.2) is 13.4 Å². The molecule has 0 aliphatic heterocycles. The van der Waals surface area contributed by atoms with Gasteiger partial charge >= 0.3 is 0 Å². The number of hydrogen-bond acceptors (Lipinski definition) is 4. The van der Waals surface area contributed by atoms with E-state index in [1.807, 2.05) is 48.5 Å². The zero-order valence-electron chi connectivity index (χ0n) is 15.5. The summed E-state index contributed by atoms with van der Waals surface area (Å²) in [5.74, 6) is 0.211. The topological polar surface area (TPSA) is 68.3 Å². The van der Waals surface area contributed by atoms with Crippen molar-refractivity contribution >= 4 is 38.2 Å². The van der Waals surface area contributed by atoms with Gasteiger partial charge in [-0.2, -0.15) is 0 Å². The molecule has 0 amide bonds. The van der Waals surface area contributed by atoms with Gasteiger partial charge in [-0.3, -0.25) is 4.72 Å². The molecule has 7 heteroatoms. The number of fused-ring (bicyclic) bond motifs is 1. The average molecular weight is 425 g/mol. The van der Waals surface area contributed by atoms with Crippen LogP contribution < -0.4 is 9.46 Å². The standard InChI is InChI=1S/C22H17ClN2O3S/c1-28-21-13-11-16(23)14-22(21)29(26,27)25-20-9-5-3-7-17(20)19-12-10-15-6-2-4-8-18(15)24-19/h2-14,25H,1H3. The van der Waals surface area contributed by atoms with E-state index in [4.69, 9.17) is 16.3 Å². The number of halogens is 1. The molecule has 0 saturated carbocycles. The molecule has 1 aromatic heterocycles. The predicted octanol–water partition coefficient (Wildman–Crippen LogP) is 5.36. The van der Waals surface area contributed by atoms with E-state index in [1.165, 1.54) is 19.2 Å². The smallest absolute Gasteiger partial charge is 0.265 e. The van der Waals surface area contributed by atoms with E-state index in [0.29, 0.717) is 22.0 Å². The van der Waals surface area contributed by atoms with Crippen LogP contribution in [0, 0.1) is 0 Å². The number of benzene rings is 3. The summed E-state index contributed by atoms with van der Waals surface area (Å²) in [5, 5.41) is 1.31. The molecule has 1 heterocycles. The SMILES string of the molecule is COc1ccc(Cl)cc1S(=O)(=O)Nc1ccccc1-c1ccc2ccccc2n1. The summed E-state index contributed by atoms with van der Waals surface area (Å²) in [5.41, 5.74) is 2.58. The lowest BCUT2D eigenvalue weighted by atomic mass is 10.1. The first-order chi connectivity index (χ1) is 14.0. The minimum atomic E-state index is -3.94. The van der Waals surface area contributed by atoms with Crippen molar-refractivity contribution < 1.29 is 13.2 Å². The first-order valence-corrected chi connectivity index (χ1v) is 10.7. The Bertz CT molecular complexity index is 1310. The fourth-order valence-electron chi connectivity index (χ4n) is 3.07. The van der Waals surface area contributed by atoms with Gasteiger partial charge in [-0.1, -0.05) is 54.1 Å². The van der Waals surface area contributed by atoms with Gasteiger partial charge in [0.05, 0.1) is 24.0 Å². The summed E-state index contributed by atoms with van der Waals surface area (Å²) >= 11 is 6.01. The largest absolute Gasteiger partial charge is 0.495 e. The second-order valence-electron chi connectivity index (χ2n) is 6.34. The number of ether oxygens (including phenoxy) is 1. The Labute approximate surface area is 174 Å². The Balaban J connectivity index is 1.78. The van der Waals surface area contributed by atoms with E-state index in [2.05, 4.69) is 9.71 Å². The summed E-state index contributed by atoms with van der Waals surface area (Å²) in [6, 6.07) is 23.2. The lowest BCUT2D eigenvalue weighted by Gasteiger charge is -2.15. The monoisotopic (exact) mass is 424 g/mol. The summed E-state index contributed by atoms with van der Waals surface area (Å²) in [7, 11) is -2.53. The molecular formula is C22H17ClN2O3S. The summed E-state index contributed by atoms with van der Waals surface area (Å²) in [4.78, 5) is 4.64. The number of pyridine rings is 1. The van der Waals surface area contributed by atoms with Crippen LogP contribution in [0.15, 0.2) is 83.8 Å². The number of rotatable bonds is 5. The Morgan fingerprint density at radius 3 is 2.52 bits per heavy atom. The number of methoxy groups -OCH3 is 1. The lowest BCUT2D eigenvalue weighted by Crippen LogP contribution is -2.15. The van der Waals surface area contributed by atoms with Crippen LogP contribution in [0.3, 0.4) is 0 Å². The van der Waals surface area contributed by atoms with Crippen molar-refractivity contribution in [3.63, 3.8) is 0 Å². The highest BCUT2D eigenvalue weighted by molar-refractivity contribution is 7.92. The Morgan fingerprint density at radius 2 is 1.69 bits per heavy atom. The first-order valence-electron chi connectivity index (χ1n) is 8.79. The van der Waals surface area contributed by atoms with E-state index >= 15 is 0 Å². The molecule has 0 unspecified atom stereocenters. The summed E-state index contributed by atoms with van der Waals surface area (Å²) in [6.07, 6.45) is 0. The molecule has 146 valence electrons. The maximum Gasteiger partial charge on any atom is 0.265 e. The molecule has 4 aromatic rings. The van der Waals surface area contributed by atoms with Gasteiger partial charge < -0.3 is 4.74 Å². The Hall–Kier alpha value is -3.09. The van der Waals surface area contributed by atoms with Crippen molar-refractivity contribution in [1.29, 1.82) is 0 Å². The van der Waals surface area contributed by atoms with Gasteiger partial charge in [0.25, 0.3) is 10.0 Å². The molecule has 0 bridgehead atoms. The normalized spacial score (nSPS) is 11.4. The quantitative estimate of drug-likeness (QED) is 0.468. The minimum Gasteiger partial charge on any atom is -0.495 e. The third kappa shape index (κ3) is 3.90. The molecule has 0 radical (unpaired) electrons. The third-order valence-corrected chi connectivity index (χ3v) is 6.08. The highest BCUT2D eigenvalue weighted by Gasteiger charge is 2.22. The molecule has 29 heavy (non-hydrogen) atoms. The predicted molar refractivity (Wildman–Crippen MR) is 116 cm³/mol. The fourth-order valence-corrected chi connectivity index (χ4v) is 4.58. The summed E-state index contributed by atoms with van der Waals surface area (Å²) < 4.78 is 34.0. The van der Waals surface area contributed by atoms with Gasteiger partial charge in [-0.15, -0.1) is 0 Å². The number of nitrogens with one attached hydrogen (secondary N) is 1. The van der Waals surface area contributed by atoms with E-state index in [1.54, 1.807) is 18.2 Å². The second-order valence-corrected chi connectivity index (χ2v) is 8.42. The van der Waals surface area contributed by atoms with Crippen LogP contribution in [-0.4, -0.2) is 20.5 Å². The third-order valence-electron chi connectivity index (χ3n) is 4.46. The van der Waals surface area contributed by atoms with E-state index in [-0.39, 0.29) is 10.6 Å². The summed E-state index contributed by atoms with van der Waals surface area (Å²) in [6.45, 7) is 0. The Morgan fingerprint density at radius 1 is 0.931 bits per heavy atom. The zero-order valence-corrected chi connectivity index (χ0v) is 17.0. The van der Waals surface area contributed by atoms with E-state index < -0.39 is 10.0 Å². The van der Waals surface area contributed by atoms with Gasteiger partial charge in [0.1, 0.15) is 10.6 Å². The highest BCUT2D eigenvalue weighted by Crippen LogP contribution is 2.32. The van der Waals surface area contributed by atoms with Crippen LogP contribution >= 0.6 is 11.6 Å². The maximum atomic E-state index is 13.1. The number of nitrogens with zero attached hydrogens (tertiary/aromatic N) is 1. The van der Waals surface area contributed by atoms with Crippen molar-refractivity contribution in [1.82, 2.24) is 4.98 Å². The van der Waals surface area contributed by atoms with Crippen molar-refractivity contribution in [2.75, 3.05) is 11.8 Å². The molecule has 0 atom stereocenters. The number of hydrogen-bond donors (Lipinski definition) is 1. The molecule has 0 spiro atoms. The average Bonchev–Trinajstić information content (AvgIpc) is 2.73. The zero-order chi connectivity index (χ0) is 20.4. The van der Waals surface area contributed by atoms with Crippen LogP contribution in [0.1, 0.15) is 0 Å². The van der Waals surface area contributed by atoms with Gasteiger partial charge in [-0.05, 0) is 36.4 Å². The molecule has 3 aromatic carbocycles. The lowest BCUT2D eigenvalue weighted by molar-refractivity contribution is 0.403. The van der Waals surface area contributed by atoms with Gasteiger partial charge in [0, 0.05) is 16.0 Å². The fraction of sp³-hybridized carbons (Fsp3) is 0.0455. The first kappa shape index (κ1) is 19.2. The van der Waals surface area contributed by atoms with Crippen LogP contribution in [0.5, 0.6) is 5.75 Å². The van der Waals surface area contributed by atoms with Gasteiger partial charge in [0.2, 0.25) is 0 Å². The Kier molecular flexibility index (Phi) is 5.13. The highest BCUT2D eigenvalue weighted by atomic mass is 35.5. The van der Waals surface area contributed by atoms with E-state index in [9.17, 15) is 8.42 Å². The second kappa shape index (κ2) is 7.73. The molecule has 0 aliphatic rings. The minimum absolute atomic E-state index is 0.0335. The molecule has 0 fully saturated rings. The van der Waals surface area contributed by atoms with E-state index in [0.717, 1.165) is 10.9 Å². The molecule has 5 nitrogen and oxygen atoms in total. The molecular weight excluding hydrogens is 408 g/mol. The van der Waals surface area contributed by atoms with Crippen LogP contribution in [0.2, 0.25) is 5.02 Å². The number of para-hydroxylation sites is 2. The van der Waals surface area contributed by atoms with Crippen LogP contribution in [0.4, 0.5) is 5.69 Å². The van der Waals surface area contributed by atoms with Gasteiger partial charge in [0.15, 0.2) is 0 Å². The van der Waals surface area contributed by atoms with Crippen molar-refractivity contribution in [3.05, 3.63) is 83.9 Å². The number of aromatic nitrogens is 1. The molecule has 0 aliphatic carbocycles. The van der Waals surface area contributed by atoms with Crippen molar-refractivity contribution in [2.24, 2.45) is 0 Å². The van der Waals surface area contributed by atoms with Crippen molar-refractivity contribution in [3.8, 4) is 17.0 Å². The van der Waals surface area contributed by atoms with Crippen LogP contribution in [0.25, 0.3) is 22.2 Å². The molecule has 0 saturated heterocycles. The van der Waals surface area contributed by atoms with Crippen LogP contribution in [-0.2, 0) is 10.0 Å². The van der Waals surface area contributed by atoms with Crippen molar-refractivity contribution in [2.45, 2.75) is 4.90 Å². The number of anilines is 1. The molecule has 4 rings (SSSR count). The maximum absolute atomic E-state index is 13.1. The molecule has 1 N–H and O–H groups in total. The number of sulfonamides is 1.